The monoisotopic (exact) mass is 219 g/mol. The largest absolute Gasteiger partial charge is 1.00 e. The molecule has 0 fully saturated rings. The van der Waals surface area contributed by atoms with Crippen molar-refractivity contribution in [1.82, 2.24) is 0 Å². The zero-order valence-corrected chi connectivity index (χ0v) is 5.64. The molecule has 0 aliphatic carbocycles. The Hall–Kier alpha value is 0.799. The van der Waals surface area contributed by atoms with E-state index in [4.69, 9.17) is 10.1 Å². The molecule has 0 unspecified atom stereocenters. The second-order valence-corrected chi connectivity index (χ2v) is 1.81. The van der Waals surface area contributed by atoms with Gasteiger partial charge in [-0.25, -0.2) is 0 Å². The first-order chi connectivity index (χ1) is 2.77. The van der Waals surface area contributed by atoms with E-state index >= 15 is 0 Å². The first-order valence-electron chi connectivity index (χ1n) is 1.09. The molecule has 0 amide bonds. The minimum absolute atomic E-state index is 0. The smallest absolute Gasteiger partial charge is 1.00 e. The summed E-state index contributed by atoms with van der Waals surface area (Å²) in [6.07, 6.45) is 0. The van der Waals surface area contributed by atoms with Crippen LogP contribution in [0.15, 0.2) is 0 Å². The third-order valence-corrected chi connectivity index (χ3v) is 0.857. The van der Waals surface area contributed by atoms with E-state index in [1.165, 1.54) is 0 Å². The van der Waals surface area contributed by atoms with Crippen LogP contribution in [0.3, 0.4) is 0 Å². The molecule has 0 aromatic carbocycles. The van der Waals surface area contributed by atoms with Gasteiger partial charge in [0.2, 0.25) is 0 Å². The maximum atomic E-state index is 9.38. The van der Waals surface area contributed by atoms with Gasteiger partial charge in [0.05, 0.1) is 0 Å². The molecule has 2 nitrogen and oxygen atoms in total. The van der Waals surface area contributed by atoms with Gasteiger partial charge < -0.3 is 0 Å². The Morgan fingerprint density at radius 2 is 2.29 bits per heavy atom. The van der Waals surface area contributed by atoms with Crippen molar-refractivity contribution in [2.75, 3.05) is 0 Å². The fraction of sp³-hybridized carbons (Fsp3) is 0.500. The van der Waals surface area contributed by atoms with Gasteiger partial charge in [0.25, 0.3) is 0 Å². The standard InChI is InChI=1S/C2H3O2.ClH.2Cu/c1-2(3)4;;;/h1H2,(H,3,4);1H;;/q;;2*+1/p-2. The molecule has 0 aliphatic rings. The predicted molar refractivity (Wildman–Crippen MR) is 15.7 cm³/mol. The number of carbonyl (C=O) groups excluding carboxylic acids is 1. The maximum absolute atomic E-state index is 9.38. The summed E-state index contributed by atoms with van der Waals surface area (Å²) >= 11 is 0.792. The molecule has 5 heteroatoms. The summed E-state index contributed by atoms with van der Waals surface area (Å²) in [6.45, 7) is 0. The molecule has 0 spiro atoms. The number of aliphatic carboxylic acids is 1. The minimum Gasteiger partial charge on any atom is 1.00 e. The molecule has 0 saturated heterocycles. The van der Waals surface area contributed by atoms with E-state index in [1.54, 1.807) is 0 Å². The van der Waals surface area contributed by atoms with Crippen molar-refractivity contribution in [1.29, 1.82) is 0 Å². The van der Waals surface area contributed by atoms with E-state index in [9.17, 15) is 9.90 Å². The average Bonchev–Trinajstić information content (AvgIpc) is 1.35. The van der Waals surface area contributed by atoms with Gasteiger partial charge >= 0.3 is 62.4 Å². The summed E-state index contributed by atoms with van der Waals surface area (Å²) in [5, 5.41) is 9.23. The van der Waals surface area contributed by atoms with Crippen LogP contribution in [-0.2, 0) is 35.9 Å². The molecule has 0 bridgehead atoms. The Bertz CT molecular complexity index is 57.7. The van der Waals surface area contributed by atoms with E-state index in [-0.39, 0.29) is 22.4 Å². The molecule has 0 aromatic rings. The quantitative estimate of drug-likeness (QED) is 0.583. The normalized spacial score (nSPS) is 7.57. The molecule has 51 valence electrons. The number of halogens is 1. The Morgan fingerprint density at radius 3 is 2.29 bits per heavy atom. The van der Waals surface area contributed by atoms with E-state index in [0.717, 1.165) is 14.0 Å². The SMILES string of the molecule is O=C([O-])[CH2][Cu][Cl].[Cu+]. The van der Waals surface area contributed by atoms with Gasteiger partial charge in [-0.3, -0.25) is 0 Å². The van der Waals surface area contributed by atoms with Crippen molar-refractivity contribution in [3.05, 3.63) is 0 Å². The molecule has 0 radical (unpaired) electrons. The first kappa shape index (κ1) is 10.7. The van der Waals surface area contributed by atoms with Crippen LogP contribution in [0.1, 0.15) is 0 Å². The summed E-state index contributed by atoms with van der Waals surface area (Å²) < 4.78 is 0. The van der Waals surface area contributed by atoms with Crippen LogP contribution in [0.4, 0.5) is 0 Å². The summed E-state index contributed by atoms with van der Waals surface area (Å²) in [7, 11) is 4.88. The first-order valence-corrected chi connectivity index (χ1v) is 3.05. The molecule has 0 saturated carbocycles. The summed E-state index contributed by atoms with van der Waals surface area (Å²) in [6, 6.07) is 0. The molecular weight excluding hydrogens is 219 g/mol. The van der Waals surface area contributed by atoms with Crippen molar-refractivity contribution in [3.8, 4) is 0 Å². The summed E-state index contributed by atoms with van der Waals surface area (Å²) in [5.74, 6) is -1.13. The van der Waals surface area contributed by atoms with Gasteiger partial charge in [-0.05, 0) is 0 Å². The molecular formula is C2H2ClCu2O2. The Balaban J connectivity index is 0. The maximum Gasteiger partial charge on any atom is 1.00 e. The number of carboxylic acids is 1. The topological polar surface area (TPSA) is 40.1 Å². The molecule has 0 heterocycles. The molecule has 0 aromatic heterocycles. The second-order valence-electron chi connectivity index (χ2n) is 0.559. The summed E-state index contributed by atoms with van der Waals surface area (Å²) in [5.41, 5.74) is 0. The Morgan fingerprint density at radius 1 is 1.86 bits per heavy atom. The van der Waals surface area contributed by atoms with Crippen molar-refractivity contribution in [2.24, 2.45) is 0 Å². The van der Waals surface area contributed by atoms with Gasteiger partial charge in [0.15, 0.2) is 0 Å². The van der Waals surface area contributed by atoms with Crippen LogP contribution in [0.2, 0.25) is 5.32 Å². The molecule has 0 atom stereocenters. The van der Waals surface area contributed by atoms with E-state index in [0.29, 0.717) is 0 Å². The predicted octanol–water partition coefficient (Wildman–Crippen LogP) is -0.612. The molecule has 0 N–H and O–H groups in total. The number of hydrogen-bond donors (Lipinski definition) is 0. The van der Waals surface area contributed by atoms with Gasteiger partial charge in [-0.2, -0.15) is 0 Å². The Kier molecular flexibility index (Phi) is 10.4. The van der Waals surface area contributed by atoms with Crippen molar-refractivity contribution >= 4 is 16.1 Å². The van der Waals surface area contributed by atoms with Crippen molar-refractivity contribution in [2.45, 2.75) is 5.32 Å². The van der Waals surface area contributed by atoms with E-state index in [1.807, 2.05) is 0 Å². The average molecular weight is 221 g/mol. The molecule has 7 heavy (non-hydrogen) atoms. The van der Waals surface area contributed by atoms with E-state index in [2.05, 4.69) is 0 Å². The zero-order valence-electron chi connectivity index (χ0n) is 3.00. The minimum atomic E-state index is -1.13. The second kappa shape index (κ2) is 6.80. The molecule has 0 rings (SSSR count). The fourth-order valence-corrected chi connectivity index (χ4v) is 0.407. The van der Waals surface area contributed by atoms with Gasteiger partial charge in [-0.15, -0.1) is 0 Å². The Labute approximate surface area is 62.5 Å². The number of hydrogen-bond acceptors (Lipinski definition) is 2. The van der Waals surface area contributed by atoms with Crippen molar-refractivity contribution in [3.63, 3.8) is 0 Å². The van der Waals surface area contributed by atoms with Crippen LogP contribution >= 0.6 is 10.1 Å². The fourth-order valence-electron chi connectivity index (χ4n) is 0.0329. The van der Waals surface area contributed by atoms with Crippen molar-refractivity contribution < 1.29 is 41.0 Å². The van der Waals surface area contributed by atoms with Crippen LogP contribution in [-0.4, -0.2) is 5.97 Å². The van der Waals surface area contributed by atoms with Gasteiger partial charge in [-0.1, -0.05) is 0 Å². The van der Waals surface area contributed by atoms with E-state index < -0.39 is 5.97 Å². The summed E-state index contributed by atoms with van der Waals surface area (Å²) in [4.78, 5) is 9.38. The number of rotatable bonds is 2. The van der Waals surface area contributed by atoms with Crippen LogP contribution in [0.25, 0.3) is 0 Å². The van der Waals surface area contributed by atoms with Gasteiger partial charge in [0, 0.05) is 0 Å². The molecule has 0 aliphatic heterocycles. The third kappa shape index (κ3) is 10.8. The van der Waals surface area contributed by atoms with Crippen LogP contribution in [0.5, 0.6) is 0 Å². The van der Waals surface area contributed by atoms with Gasteiger partial charge in [0.1, 0.15) is 0 Å². The van der Waals surface area contributed by atoms with Crippen LogP contribution < -0.4 is 5.11 Å². The third-order valence-electron chi connectivity index (χ3n) is 0.127. The number of carboxylic acid groups (broad SMARTS) is 1. The van der Waals surface area contributed by atoms with Crippen LogP contribution in [0, 0.1) is 0 Å². The number of carbonyl (C=O) groups is 1. The zero-order chi connectivity index (χ0) is 4.99.